The summed E-state index contributed by atoms with van der Waals surface area (Å²) in [7, 11) is 0. The number of hydrogen-bond donors (Lipinski definition) is 2. The van der Waals surface area contributed by atoms with Crippen LogP contribution in [-0.2, 0) is 23.9 Å². The predicted octanol–water partition coefficient (Wildman–Crippen LogP) is 4.20. The standard InChI is InChI=1S/C23H25ClN2O6/c1-2-3-13-31-23(30)16-7-6-8-17(14-16)25-20(27)11-12-22(29)32-15-21(28)26-19-10-5-4-9-18(19)24/h4-10,14H,2-3,11-13,15H2,1H3,(H,25,27)(H,26,28). The fraction of sp³-hybridized carbons (Fsp3) is 0.304. The van der Waals surface area contributed by atoms with Gasteiger partial charge in [-0.05, 0) is 36.8 Å². The van der Waals surface area contributed by atoms with E-state index in [2.05, 4.69) is 10.6 Å². The average molecular weight is 461 g/mol. The number of benzene rings is 2. The van der Waals surface area contributed by atoms with E-state index in [9.17, 15) is 19.2 Å². The lowest BCUT2D eigenvalue weighted by molar-refractivity contribution is -0.147. The molecule has 32 heavy (non-hydrogen) atoms. The Kier molecular flexibility index (Phi) is 10.2. The number of anilines is 2. The van der Waals surface area contributed by atoms with E-state index >= 15 is 0 Å². The van der Waals surface area contributed by atoms with Crippen LogP contribution in [0.3, 0.4) is 0 Å². The third-order valence-electron chi connectivity index (χ3n) is 4.18. The minimum atomic E-state index is -0.692. The largest absolute Gasteiger partial charge is 0.462 e. The fourth-order valence-corrected chi connectivity index (χ4v) is 2.71. The average Bonchev–Trinajstić information content (AvgIpc) is 2.78. The van der Waals surface area contributed by atoms with Crippen molar-refractivity contribution in [3.63, 3.8) is 0 Å². The topological polar surface area (TPSA) is 111 Å². The molecule has 0 bridgehead atoms. The molecule has 0 saturated heterocycles. The van der Waals surface area contributed by atoms with Crippen molar-refractivity contribution in [2.75, 3.05) is 23.8 Å². The molecule has 0 unspecified atom stereocenters. The molecular formula is C23H25ClN2O6. The molecule has 0 aromatic heterocycles. The summed E-state index contributed by atoms with van der Waals surface area (Å²) in [4.78, 5) is 47.8. The third kappa shape index (κ3) is 8.77. The number of unbranched alkanes of at least 4 members (excludes halogenated alkanes) is 1. The van der Waals surface area contributed by atoms with Gasteiger partial charge in [-0.3, -0.25) is 14.4 Å². The second-order valence-corrected chi connectivity index (χ2v) is 7.21. The van der Waals surface area contributed by atoms with Gasteiger partial charge in [0.05, 0.1) is 29.3 Å². The molecule has 2 rings (SSSR count). The first-order valence-corrected chi connectivity index (χ1v) is 10.5. The molecule has 8 nitrogen and oxygen atoms in total. The first-order chi connectivity index (χ1) is 15.4. The maximum atomic E-state index is 12.1. The maximum absolute atomic E-state index is 12.1. The Hall–Kier alpha value is -3.39. The van der Waals surface area contributed by atoms with Crippen molar-refractivity contribution in [2.24, 2.45) is 0 Å². The van der Waals surface area contributed by atoms with Crippen LogP contribution in [0.5, 0.6) is 0 Å². The number of halogens is 1. The van der Waals surface area contributed by atoms with E-state index in [0.717, 1.165) is 12.8 Å². The van der Waals surface area contributed by atoms with Crippen LogP contribution in [0, 0.1) is 0 Å². The summed E-state index contributed by atoms with van der Waals surface area (Å²) in [5.41, 5.74) is 1.14. The molecule has 0 spiro atoms. The SMILES string of the molecule is CCCCOC(=O)c1cccc(NC(=O)CCC(=O)OCC(=O)Nc2ccccc2Cl)c1. The normalized spacial score (nSPS) is 10.2. The monoisotopic (exact) mass is 460 g/mol. The highest BCUT2D eigenvalue weighted by Gasteiger charge is 2.13. The van der Waals surface area contributed by atoms with Gasteiger partial charge in [0.25, 0.3) is 5.91 Å². The molecule has 0 aliphatic heterocycles. The number of esters is 2. The summed E-state index contributed by atoms with van der Waals surface area (Å²) in [5, 5.41) is 5.51. The van der Waals surface area contributed by atoms with Crippen LogP contribution in [0.25, 0.3) is 0 Å². The highest BCUT2D eigenvalue weighted by atomic mass is 35.5. The van der Waals surface area contributed by atoms with Gasteiger partial charge in [-0.1, -0.05) is 43.1 Å². The molecule has 0 aliphatic carbocycles. The summed E-state index contributed by atoms with van der Waals surface area (Å²) >= 11 is 5.94. The van der Waals surface area contributed by atoms with E-state index in [4.69, 9.17) is 21.1 Å². The molecule has 2 N–H and O–H groups in total. The van der Waals surface area contributed by atoms with Crippen LogP contribution in [0.4, 0.5) is 11.4 Å². The molecule has 0 saturated carbocycles. The number of nitrogens with one attached hydrogen (secondary N) is 2. The second kappa shape index (κ2) is 13.1. The summed E-state index contributed by atoms with van der Waals surface area (Å²) in [5.74, 6) is -2.13. The zero-order valence-corrected chi connectivity index (χ0v) is 18.4. The van der Waals surface area contributed by atoms with E-state index in [1.165, 1.54) is 6.07 Å². The summed E-state index contributed by atoms with van der Waals surface area (Å²) in [6.45, 7) is 1.84. The number of amides is 2. The third-order valence-corrected chi connectivity index (χ3v) is 4.51. The van der Waals surface area contributed by atoms with Crippen molar-refractivity contribution in [1.82, 2.24) is 0 Å². The molecule has 9 heteroatoms. The van der Waals surface area contributed by atoms with Crippen LogP contribution in [-0.4, -0.2) is 37.0 Å². The van der Waals surface area contributed by atoms with E-state index in [0.29, 0.717) is 28.6 Å². The van der Waals surface area contributed by atoms with E-state index < -0.39 is 30.4 Å². The van der Waals surface area contributed by atoms with Crippen molar-refractivity contribution < 1.29 is 28.7 Å². The van der Waals surface area contributed by atoms with Crippen molar-refractivity contribution in [2.45, 2.75) is 32.6 Å². The smallest absolute Gasteiger partial charge is 0.338 e. The number of carbonyl (C=O) groups excluding carboxylic acids is 4. The molecule has 0 atom stereocenters. The predicted molar refractivity (Wildman–Crippen MR) is 121 cm³/mol. The van der Waals surface area contributed by atoms with Gasteiger partial charge in [0.15, 0.2) is 6.61 Å². The van der Waals surface area contributed by atoms with Crippen LogP contribution in [0.15, 0.2) is 48.5 Å². The number of ether oxygens (including phenoxy) is 2. The molecule has 0 heterocycles. The van der Waals surface area contributed by atoms with Gasteiger partial charge in [0, 0.05) is 12.1 Å². The maximum Gasteiger partial charge on any atom is 0.338 e. The Labute approximate surface area is 191 Å². The number of rotatable bonds is 11. The zero-order chi connectivity index (χ0) is 23.3. The number of carbonyl (C=O) groups is 4. The van der Waals surface area contributed by atoms with E-state index in [-0.39, 0.29) is 12.8 Å². The lowest BCUT2D eigenvalue weighted by Crippen LogP contribution is -2.22. The van der Waals surface area contributed by atoms with Crippen LogP contribution >= 0.6 is 11.6 Å². The lowest BCUT2D eigenvalue weighted by Gasteiger charge is -2.09. The molecule has 170 valence electrons. The van der Waals surface area contributed by atoms with Crippen molar-refractivity contribution >= 4 is 46.7 Å². The van der Waals surface area contributed by atoms with Crippen LogP contribution < -0.4 is 10.6 Å². The molecule has 2 amide bonds. The van der Waals surface area contributed by atoms with Gasteiger partial charge in [-0.15, -0.1) is 0 Å². The molecule has 0 aliphatic rings. The van der Waals surface area contributed by atoms with Crippen LogP contribution in [0.2, 0.25) is 5.02 Å². The van der Waals surface area contributed by atoms with Gasteiger partial charge in [0.2, 0.25) is 5.91 Å². The Balaban J connectivity index is 1.72. The molecule has 0 fully saturated rings. The van der Waals surface area contributed by atoms with Gasteiger partial charge in [0.1, 0.15) is 0 Å². The second-order valence-electron chi connectivity index (χ2n) is 6.81. The van der Waals surface area contributed by atoms with Gasteiger partial charge in [-0.2, -0.15) is 0 Å². The Morgan fingerprint density at radius 3 is 2.44 bits per heavy atom. The molecular weight excluding hydrogens is 436 g/mol. The summed E-state index contributed by atoms with van der Waals surface area (Å²) < 4.78 is 10.0. The minimum Gasteiger partial charge on any atom is -0.462 e. The fourth-order valence-electron chi connectivity index (χ4n) is 2.52. The van der Waals surface area contributed by atoms with Gasteiger partial charge in [-0.25, -0.2) is 4.79 Å². The first kappa shape index (κ1) is 24.9. The van der Waals surface area contributed by atoms with Crippen molar-refractivity contribution in [1.29, 1.82) is 0 Å². The Morgan fingerprint density at radius 2 is 1.69 bits per heavy atom. The van der Waals surface area contributed by atoms with Crippen LogP contribution in [0.1, 0.15) is 43.0 Å². The highest BCUT2D eigenvalue weighted by molar-refractivity contribution is 6.33. The molecule has 2 aromatic rings. The summed E-state index contributed by atoms with van der Waals surface area (Å²) in [6.07, 6.45) is 1.35. The van der Waals surface area contributed by atoms with E-state index in [1.54, 1.807) is 42.5 Å². The van der Waals surface area contributed by atoms with E-state index in [1.807, 2.05) is 6.92 Å². The quantitative estimate of drug-likeness (QED) is 0.384. The summed E-state index contributed by atoms with van der Waals surface area (Å²) in [6, 6.07) is 13.0. The van der Waals surface area contributed by atoms with Gasteiger partial charge < -0.3 is 20.1 Å². The molecule has 2 aromatic carbocycles. The minimum absolute atomic E-state index is 0.143. The lowest BCUT2D eigenvalue weighted by atomic mass is 10.2. The molecule has 0 radical (unpaired) electrons. The highest BCUT2D eigenvalue weighted by Crippen LogP contribution is 2.20. The van der Waals surface area contributed by atoms with Crippen molar-refractivity contribution in [3.05, 3.63) is 59.1 Å². The van der Waals surface area contributed by atoms with Crippen molar-refractivity contribution in [3.8, 4) is 0 Å². The first-order valence-electron chi connectivity index (χ1n) is 10.2. The number of para-hydroxylation sites is 1. The number of hydrogen-bond acceptors (Lipinski definition) is 6. The zero-order valence-electron chi connectivity index (χ0n) is 17.7. The Bertz CT molecular complexity index is 963. The van der Waals surface area contributed by atoms with Gasteiger partial charge >= 0.3 is 11.9 Å². The Morgan fingerprint density at radius 1 is 0.906 bits per heavy atom.